The second kappa shape index (κ2) is 5.68. The fraction of sp³-hybridized carbons (Fsp3) is 0.727. The molecule has 1 rings (SSSR count). The Morgan fingerprint density at radius 3 is 2.79 bits per heavy atom. The Hall–Kier alpha value is -0.990. The van der Waals surface area contributed by atoms with Crippen LogP contribution in [0, 0.1) is 5.92 Å². The highest BCUT2D eigenvalue weighted by molar-refractivity contribution is 5.81. The third-order valence-electron chi connectivity index (χ3n) is 2.84. The third kappa shape index (κ3) is 3.40. The number of esters is 1. The summed E-state index contributed by atoms with van der Waals surface area (Å²) in [6.45, 7) is 2.25. The van der Waals surface area contributed by atoms with Gasteiger partial charge in [0, 0.05) is 18.3 Å². The van der Waals surface area contributed by atoms with E-state index < -0.39 is 0 Å². The molecule has 2 unspecified atom stereocenters. The van der Waals surface area contributed by atoms with Gasteiger partial charge in [-0.2, -0.15) is 0 Å². The lowest BCUT2D eigenvalue weighted by Crippen LogP contribution is -2.33. The minimum absolute atomic E-state index is 0.305. The molecular weight excluding hydrogens is 178 g/mol. The summed E-state index contributed by atoms with van der Waals surface area (Å²) < 4.78 is 4.50. The molecule has 2 atom stereocenters. The van der Waals surface area contributed by atoms with Gasteiger partial charge in [-0.15, -0.1) is 0 Å². The number of nitrogens with one attached hydrogen (secondary N) is 1. The molecule has 0 aliphatic heterocycles. The van der Waals surface area contributed by atoms with Crippen molar-refractivity contribution in [3.8, 4) is 0 Å². The van der Waals surface area contributed by atoms with Gasteiger partial charge in [0.25, 0.3) is 0 Å². The van der Waals surface area contributed by atoms with Crippen molar-refractivity contribution in [3.05, 3.63) is 12.3 Å². The highest BCUT2D eigenvalue weighted by Gasteiger charge is 2.19. The van der Waals surface area contributed by atoms with Gasteiger partial charge in [0.1, 0.15) is 0 Å². The van der Waals surface area contributed by atoms with E-state index in [1.165, 1.54) is 38.9 Å². The smallest absolute Gasteiger partial charge is 0.331 e. The molecule has 0 aromatic rings. The standard InChI is InChI=1S/C11H19NO2/c1-9-5-3-4-6-10(9)12-8-7-11(13)14-2/h7-10,12H,3-6H2,1-2H3/b8-7+. The Morgan fingerprint density at radius 1 is 1.43 bits per heavy atom. The molecule has 1 aliphatic rings. The van der Waals surface area contributed by atoms with Crippen molar-refractivity contribution >= 4 is 5.97 Å². The zero-order valence-electron chi connectivity index (χ0n) is 8.95. The monoisotopic (exact) mass is 197 g/mol. The van der Waals surface area contributed by atoms with E-state index in [9.17, 15) is 4.79 Å². The maximum atomic E-state index is 10.8. The summed E-state index contributed by atoms with van der Waals surface area (Å²) in [5.41, 5.74) is 0. The van der Waals surface area contributed by atoms with Gasteiger partial charge in [0.2, 0.25) is 0 Å². The number of carbonyl (C=O) groups is 1. The molecule has 0 aromatic heterocycles. The van der Waals surface area contributed by atoms with Crippen molar-refractivity contribution in [2.24, 2.45) is 5.92 Å². The number of ether oxygens (including phenoxy) is 1. The van der Waals surface area contributed by atoms with Crippen LogP contribution >= 0.6 is 0 Å². The van der Waals surface area contributed by atoms with Gasteiger partial charge in [-0.1, -0.05) is 19.8 Å². The van der Waals surface area contributed by atoms with E-state index in [0.717, 1.165) is 0 Å². The Morgan fingerprint density at radius 2 is 2.14 bits per heavy atom. The molecule has 1 N–H and O–H groups in total. The van der Waals surface area contributed by atoms with Crippen LogP contribution in [0.5, 0.6) is 0 Å². The zero-order valence-corrected chi connectivity index (χ0v) is 8.95. The van der Waals surface area contributed by atoms with E-state index in [1.807, 2.05) is 0 Å². The van der Waals surface area contributed by atoms with Crippen LogP contribution in [-0.2, 0) is 9.53 Å². The zero-order chi connectivity index (χ0) is 10.4. The predicted octanol–water partition coefficient (Wildman–Crippen LogP) is 1.84. The van der Waals surface area contributed by atoms with Crippen LogP contribution in [0.3, 0.4) is 0 Å². The van der Waals surface area contributed by atoms with E-state index in [2.05, 4.69) is 17.0 Å². The predicted molar refractivity (Wildman–Crippen MR) is 55.7 cm³/mol. The molecule has 1 aliphatic carbocycles. The van der Waals surface area contributed by atoms with Crippen LogP contribution < -0.4 is 5.32 Å². The minimum Gasteiger partial charge on any atom is -0.466 e. The van der Waals surface area contributed by atoms with E-state index in [1.54, 1.807) is 6.20 Å². The van der Waals surface area contributed by atoms with Gasteiger partial charge >= 0.3 is 5.97 Å². The number of methoxy groups -OCH3 is 1. The summed E-state index contributed by atoms with van der Waals surface area (Å²) in [6, 6.07) is 0.518. The first-order chi connectivity index (χ1) is 6.74. The highest BCUT2D eigenvalue weighted by atomic mass is 16.5. The van der Waals surface area contributed by atoms with Gasteiger partial charge < -0.3 is 10.1 Å². The third-order valence-corrected chi connectivity index (χ3v) is 2.84. The van der Waals surface area contributed by atoms with Crippen molar-refractivity contribution < 1.29 is 9.53 Å². The maximum absolute atomic E-state index is 10.8. The molecule has 3 heteroatoms. The molecule has 0 radical (unpaired) electrons. The maximum Gasteiger partial charge on any atom is 0.331 e. The van der Waals surface area contributed by atoms with Crippen molar-refractivity contribution in [1.82, 2.24) is 5.32 Å². The fourth-order valence-corrected chi connectivity index (χ4v) is 1.87. The fourth-order valence-electron chi connectivity index (χ4n) is 1.87. The SMILES string of the molecule is COC(=O)/C=C/NC1CCCCC1C. The first-order valence-electron chi connectivity index (χ1n) is 5.24. The molecule has 0 bridgehead atoms. The van der Waals surface area contributed by atoms with Crippen molar-refractivity contribution in [2.45, 2.75) is 38.6 Å². The van der Waals surface area contributed by atoms with Crippen molar-refractivity contribution in [1.29, 1.82) is 0 Å². The van der Waals surface area contributed by atoms with E-state index in [0.29, 0.717) is 12.0 Å². The summed E-state index contributed by atoms with van der Waals surface area (Å²) in [4.78, 5) is 10.8. The Labute approximate surface area is 85.5 Å². The molecule has 1 fully saturated rings. The molecule has 0 spiro atoms. The largest absolute Gasteiger partial charge is 0.466 e. The summed E-state index contributed by atoms with van der Waals surface area (Å²) >= 11 is 0. The van der Waals surface area contributed by atoms with Gasteiger partial charge in [0.05, 0.1) is 7.11 Å². The Balaban J connectivity index is 2.28. The molecular formula is C11H19NO2. The lowest BCUT2D eigenvalue weighted by Gasteiger charge is -2.28. The normalized spacial score (nSPS) is 27.6. The lowest BCUT2D eigenvalue weighted by molar-refractivity contribution is -0.134. The van der Waals surface area contributed by atoms with Crippen LogP contribution in [-0.4, -0.2) is 19.1 Å². The van der Waals surface area contributed by atoms with Crippen molar-refractivity contribution in [3.63, 3.8) is 0 Å². The van der Waals surface area contributed by atoms with E-state index >= 15 is 0 Å². The number of rotatable bonds is 3. The quantitative estimate of drug-likeness (QED) is 0.554. The van der Waals surface area contributed by atoms with Crippen molar-refractivity contribution in [2.75, 3.05) is 7.11 Å². The number of carbonyl (C=O) groups excluding carboxylic acids is 1. The molecule has 3 nitrogen and oxygen atoms in total. The molecule has 0 aromatic carbocycles. The van der Waals surface area contributed by atoms with Gasteiger partial charge in [-0.05, 0) is 18.8 Å². The van der Waals surface area contributed by atoms with Crippen LogP contribution in [0.2, 0.25) is 0 Å². The lowest BCUT2D eigenvalue weighted by atomic mass is 9.86. The molecule has 0 amide bonds. The molecule has 1 saturated carbocycles. The highest BCUT2D eigenvalue weighted by Crippen LogP contribution is 2.23. The Kier molecular flexibility index (Phi) is 4.50. The van der Waals surface area contributed by atoms with Gasteiger partial charge in [0.15, 0.2) is 0 Å². The first kappa shape index (κ1) is 11.1. The van der Waals surface area contributed by atoms with E-state index in [-0.39, 0.29) is 5.97 Å². The topological polar surface area (TPSA) is 38.3 Å². The minimum atomic E-state index is -0.305. The van der Waals surface area contributed by atoms with Crippen LogP contribution in [0.1, 0.15) is 32.6 Å². The van der Waals surface area contributed by atoms with Crippen LogP contribution in [0.4, 0.5) is 0 Å². The molecule has 0 saturated heterocycles. The second-order valence-electron chi connectivity index (χ2n) is 3.89. The first-order valence-corrected chi connectivity index (χ1v) is 5.24. The molecule has 0 heterocycles. The Bertz CT molecular complexity index is 213. The summed E-state index contributed by atoms with van der Waals surface area (Å²) in [6.07, 6.45) is 8.24. The van der Waals surface area contributed by atoms with Gasteiger partial charge in [-0.3, -0.25) is 0 Å². The number of hydrogen-bond acceptors (Lipinski definition) is 3. The number of hydrogen-bond donors (Lipinski definition) is 1. The summed E-state index contributed by atoms with van der Waals surface area (Å²) in [5, 5.41) is 3.26. The molecule has 14 heavy (non-hydrogen) atoms. The summed E-state index contributed by atoms with van der Waals surface area (Å²) in [5.74, 6) is 0.395. The molecule has 80 valence electrons. The van der Waals surface area contributed by atoms with Crippen LogP contribution in [0.25, 0.3) is 0 Å². The second-order valence-corrected chi connectivity index (χ2v) is 3.89. The van der Waals surface area contributed by atoms with Crippen LogP contribution in [0.15, 0.2) is 12.3 Å². The van der Waals surface area contributed by atoms with E-state index in [4.69, 9.17) is 0 Å². The van der Waals surface area contributed by atoms with Gasteiger partial charge in [-0.25, -0.2) is 4.79 Å². The average molecular weight is 197 g/mol. The summed E-state index contributed by atoms with van der Waals surface area (Å²) in [7, 11) is 1.38. The average Bonchev–Trinajstić information content (AvgIpc) is 2.20.